The first kappa shape index (κ1) is 19.6. The summed E-state index contributed by atoms with van der Waals surface area (Å²) in [6, 6.07) is 14.7. The van der Waals surface area contributed by atoms with Crippen LogP contribution in [-0.2, 0) is 9.53 Å². The molecule has 152 valence electrons. The van der Waals surface area contributed by atoms with Crippen LogP contribution in [-0.4, -0.2) is 47.7 Å². The van der Waals surface area contributed by atoms with E-state index in [1.54, 1.807) is 17.0 Å². The van der Waals surface area contributed by atoms with Gasteiger partial charge in [0.2, 0.25) is 5.91 Å². The zero-order valence-electron chi connectivity index (χ0n) is 16.5. The monoisotopic (exact) mass is 394 g/mol. The van der Waals surface area contributed by atoms with Crippen LogP contribution in [0.1, 0.15) is 40.4 Å². The van der Waals surface area contributed by atoms with Crippen LogP contribution in [0.3, 0.4) is 0 Å². The van der Waals surface area contributed by atoms with Gasteiger partial charge in [0, 0.05) is 23.7 Å². The Morgan fingerprint density at radius 2 is 1.93 bits per heavy atom. The van der Waals surface area contributed by atoms with Crippen molar-refractivity contribution < 1.29 is 19.4 Å². The molecule has 2 aromatic rings. The fourth-order valence-corrected chi connectivity index (χ4v) is 3.79. The highest BCUT2D eigenvalue weighted by molar-refractivity contribution is 5.99. The van der Waals surface area contributed by atoms with Crippen LogP contribution in [0.25, 0.3) is 0 Å². The quantitative estimate of drug-likeness (QED) is 0.817. The first-order chi connectivity index (χ1) is 14.1. The normalized spacial score (nSPS) is 21.7. The van der Waals surface area contributed by atoms with Crippen LogP contribution in [0, 0.1) is 12.8 Å². The molecule has 0 unspecified atom stereocenters. The summed E-state index contributed by atoms with van der Waals surface area (Å²) in [5.41, 5.74) is 3.04. The minimum absolute atomic E-state index is 0.0200. The van der Waals surface area contributed by atoms with Gasteiger partial charge in [0.1, 0.15) is 6.10 Å². The Labute approximate surface area is 170 Å². The standard InChI is InChI=1S/C23H26N2O4/c1-15-7-8-18(13-19(15)24-22(27)17-9-10-17)23(28)25-11-12-29-20(14-26)21(25)16-5-3-2-4-6-16/h2-8,13,17,20-21,26H,9-12,14H2,1H3,(H,24,27)/t20-,21-/m1/s1. The lowest BCUT2D eigenvalue weighted by Crippen LogP contribution is -2.49. The smallest absolute Gasteiger partial charge is 0.254 e. The van der Waals surface area contributed by atoms with Gasteiger partial charge in [-0.05, 0) is 43.0 Å². The number of morpholine rings is 1. The number of aryl methyl sites for hydroxylation is 1. The van der Waals surface area contributed by atoms with E-state index in [2.05, 4.69) is 5.32 Å². The molecular formula is C23H26N2O4. The minimum atomic E-state index is -0.477. The van der Waals surface area contributed by atoms with E-state index in [4.69, 9.17) is 4.74 Å². The van der Waals surface area contributed by atoms with Gasteiger partial charge in [-0.3, -0.25) is 9.59 Å². The second-order valence-electron chi connectivity index (χ2n) is 7.74. The summed E-state index contributed by atoms with van der Waals surface area (Å²) in [6.07, 6.45) is 1.38. The predicted molar refractivity (Wildman–Crippen MR) is 110 cm³/mol. The largest absolute Gasteiger partial charge is 0.394 e. The molecule has 2 atom stereocenters. The average molecular weight is 394 g/mol. The number of aliphatic hydroxyl groups is 1. The van der Waals surface area contributed by atoms with E-state index in [9.17, 15) is 14.7 Å². The summed E-state index contributed by atoms with van der Waals surface area (Å²) < 4.78 is 5.74. The number of hydrogen-bond acceptors (Lipinski definition) is 4. The molecule has 2 aliphatic rings. The maximum Gasteiger partial charge on any atom is 0.254 e. The Bertz CT molecular complexity index is 895. The molecule has 1 saturated heterocycles. The number of aliphatic hydroxyl groups excluding tert-OH is 1. The van der Waals surface area contributed by atoms with Crippen molar-refractivity contribution in [2.75, 3.05) is 25.1 Å². The van der Waals surface area contributed by atoms with Gasteiger partial charge in [0.15, 0.2) is 0 Å². The lowest BCUT2D eigenvalue weighted by molar-refractivity contribution is -0.117. The van der Waals surface area contributed by atoms with Crippen molar-refractivity contribution in [1.82, 2.24) is 4.90 Å². The fourth-order valence-electron chi connectivity index (χ4n) is 3.79. The molecule has 6 nitrogen and oxygen atoms in total. The van der Waals surface area contributed by atoms with Gasteiger partial charge >= 0.3 is 0 Å². The third-order valence-corrected chi connectivity index (χ3v) is 5.62. The maximum absolute atomic E-state index is 13.4. The van der Waals surface area contributed by atoms with Crippen molar-refractivity contribution in [3.05, 3.63) is 65.2 Å². The van der Waals surface area contributed by atoms with Crippen LogP contribution in [0.15, 0.2) is 48.5 Å². The Morgan fingerprint density at radius 1 is 1.17 bits per heavy atom. The number of carbonyl (C=O) groups is 2. The fraction of sp³-hybridized carbons (Fsp3) is 0.391. The van der Waals surface area contributed by atoms with Crippen molar-refractivity contribution in [1.29, 1.82) is 0 Å². The first-order valence-corrected chi connectivity index (χ1v) is 10.1. The summed E-state index contributed by atoms with van der Waals surface area (Å²) in [5, 5.41) is 12.8. The number of nitrogens with zero attached hydrogens (tertiary/aromatic N) is 1. The lowest BCUT2D eigenvalue weighted by Gasteiger charge is -2.41. The summed E-state index contributed by atoms with van der Waals surface area (Å²) in [4.78, 5) is 27.4. The van der Waals surface area contributed by atoms with Crippen LogP contribution < -0.4 is 5.32 Å². The number of carbonyl (C=O) groups excluding carboxylic acids is 2. The molecule has 1 saturated carbocycles. The van der Waals surface area contributed by atoms with Gasteiger partial charge in [0.05, 0.1) is 19.3 Å². The first-order valence-electron chi connectivity index (χ1n) is 10.1. The number of ether oxygens (including phenoxy) is 1. The topological polar surface area (TPSA) is 78.9 Å². The van der Waals surface area contributed by atoms with Crippen molar-refractivity contribution in [2.24, 2.45) is 5.92 Å². The summed E-state index contributed by atoms with van der Waals surface area (Å²) in [6.45, 7) is 2.56. The number of anilines is 1. The van der Waals surface area contributed by atoms with E-state index in [0.717, 1.165) is 24.0 Å². The number of benzene rings is 2. The summed E-state index contributed by atoms with van der Waals surface area (Å²) >= 11 is 0. The van der Waals surface area contributed by atoms with E-state index < -0.39 is 6.10 Å². The van der Waals surface area contributed by atoms with Gasteiger partial charge in [-0.2, -0.15) is 0 Å². The Morgan fingerprint density at radius 3 is 2.62 bits per heavy atom. The third-order valence-electron chi connectivity index (χ3n) is 5.62. The summed E-state index contributed by atoms with van der Waals surface area (Å²) in [7, 11) is 0. The minimum Gasteiger partial charge on any atom is -0.394 e. The van der Waals surface area contributed by atoms with Crippen LogP contribution in [0.4, 0.5) is 5.69 Å². The molecule has 1 aliphatic heterocycles. The highest BCUT2D eigenvalue weighted by Crippen LogP contribution is 2.33. The summed E-state index contributed by atoms with van der Waals surface area (Å²) in [5.74, 6) is -0.0186. The zero-order chi connectivity index (χ0) is 20.4. The number of amides is 2. The highest BCUT2D eigenvalue weighted by Gasteiger charge is 2.36. The molecule has 2 N–H and O–H groups in total. The molecule has 0 bridgehead atoms. The molecule has 2 amide bonds. The SMILES string of the molecule is Cc1ccc(C(=O)N2CCO[C@H](CO)[C@H]2c2ccccc2)cc1NC(=O)C1CC1. The number of rotatable bonds is 5. The molecule has 2 fully saturated rings. The molecule has 1 heterocycles. The van der Waals surface area contributed by atoms with E-state index >= 15 is 0 Å². The predicted octanol–water partition coefficient (Wildman–Crippen LogP) is 2.92. The Balaban J connectivity index is 1.62. The molecule has 2 aromatic carbocycles. The average Bonchev–Trinajstić information content (AvgIpc) is 3.60. The van der Waals surface area contributed by atoms with E-state index in [1.165, 1.54) is 0 Å². The van der Waals surface area contributed by atoms with Crippen molar-refractivity contribution in [3.8, 4) is 0 Å². The van der Waals surface area contributed by atoms with Crippen LogP contribution in [0.2, 0.25) is 0 Å². The molecular weight excluding hydrogens is 368 g/mol. The zero-order valence-corrected chi connectivity index (χ0v) is 16.5. The molecule has 1 aliphatic carbocycles. The van der Waals surface area contributed by atoms with E-state index in [-0.39, 0.29) is 30.4 Å². The van der Waals surface area contributed by atoms with Gasteiger partial charge in [-0.25, -0.2) is 0 Å². The van der Waals surface area contributed by atoms with E-state index in [1.807, 2.05) is 43.3 Å². The second kappa shape index (κ2) is 8.35. The molecule has 4 rings (SSSR count). The van der Waals surface area contributed by atoms with Crippen molar-refractivity contribution in [2.45, 2.75) is 31.9 Å². The lowest BCUT2D eigenvalue weighted by atomic mass is 9.97. The van der Waals surface area contributed by atoms with Crippen molar-refractivity contribution in [3.63, 3.8) is 0 Å². The molecule has 0 aromatic heterocycles. The van der Waals surface area contributed by atoms with Crippen LogP contribution in [0.5, 0.6) is 0 Å². The molecule has 6 heteroatoms. The number of hydrogen-bond donors (Lipinski definition) is 2. The molecule has 0 spiro atoms. The Kier molecular flexibility index (Phi) is 5.65. The van der Waals surface area contributed by atoms with Gasteiger partial charge in [-0.15, -0.1) is 0 Å². The molecule has 0 radical (unpaired) electrons. The van der Waals surface area contributed by atoms with E-state index in [0.29, 0.717) is 24.4 Å². The van der Waals surface area contributed by atoms with Crippen LogP contribution >= 0.6 is 0 Å². The highest BCUT2D eigenvalue weighted by atomic mass is 16.5. The number of nitrogens with one attached hydrogen (secondary N) is 1. The van der Waals surface area contributed by atoms with Gasteiger partial charge < -0.3 is 20.1 Å². The van der Waals surface area contributed by atoms with Gasteiger partial charge in [-0.1, -0.05) is 36.4 Å². The molecule has 29 heavy (non-hydrogen) atoms. The Hall–Kier alpha value is -2.70. The second-order valence-corrected chi connectivity index (χ2v) is 7.74. The maximum atomic E-state index is 13.4. The van der Waals surface area contributed by atoms with Gasteiger partial charge in [0.25, 0.3) is 5.91 Å². The van der Waals surface area contributed by atoms with Crippen molar-refractivity contribution >= 4 is 17.5 Å². The third kappa shape index (κ3) is 4.18.